The van der Waals surface area contributed by atoms with Crippen LogP contribution in [0.1, 0.15) is 23.5 Å². The molecule has 1 amide bonds. The van der Waals surface area contributed by atoms with Gasteiger partial charge in [-0.1, -0.05) is 0 Å². The molecule has 1 saturated carbocycles. The van der Waals surface area contributed by atoms with E-state index < -0.39 is 11.9 Å². The van der Waals surface area contributed by atoms with E-state index in [1.54, 1.807) is 0 Å². The third kappa shape index (κ3) is 6.62. The Morgan fingerprint density at radius 1 is 1.43 bits per heavy atom. The van der Waals surface area contributed by atoms with Crippen LogP contribution in [0.5, 0.6) is 0 Å². The van der Waals surface area contributed by atoms with Gasteiger partial charge in [0.25, 0.3) is 0 Å². The SMILES string of the molecule is Cl.O=C(CNCC1CC1)NCCc1nc(C(F)(F)F)cs1. The fourth-order valence-electron chi connectivity index (χ4n) is 1.64. The van der Waals surface area contributed by atoms with Crippen molar-refractivity contribution < 1.29 is 18.0 Å². The van der Waals surface area contributed by atoms with Gasteiger partial charge in [-0.3, -0.25) is 4.79 Å². The molecule has 2 N–H and O–H groups in total. The number of rotatable bonds is 7. The van der Waals surface area contributed by atoms with Crippen molar-refractivity contribution in [1.29, 1.82) is 0 Å². The first-order valence-corrected chi connectivity index (χ1v) is 7.32. The average Bonchev–Trinajstić information content (AvgIpc) is 3.04. The lowest BCUT2D eigenvalue weighted by atomic mass is 10.4. The summed E-state index contributed by atoms with van der Waals surface area (Å²) in [5.41, 5.74) is -0.866. The highest BCUT2D eigenvalue weighted by molar-refractivity contribution is 7.09. The number of carbonyl (C=O) groups excluding carboxylic acids is 1. The largest absolute Gasteiger partial charge is 0.434 e. The molecule has 1 aliphatic rings. The molecule has 1 aliphatic carbocycles. The molecule has 0 aromatic carbocycles. The van der Waals surface area contributed by atoms with Gasteiger partial charge in [0.1, 0.15) is 0 Å². The van der Waals surface area contributed by atoms with E-state index in [9.17, 15) is 18.0 Å². The summed E-state index contributed by atoms with van der Waals surface area (Å²) in [6.07, 6.45) is -1.64. The van der Waals surface area contributed by atoms with Gasteiger partial charge in [-0.25, -0.2) is 4.98 Å². The highest BCUT2D eigenvalue weighted by Crippen LogP contribution is 2.30. The molecular weight excluding hydrogens is 327 g/mol. The predicted molar refractivity (Wildman–Crippen MR) is 76.7 cm³/mol. The van der Waals surface area contributed by atoms with E-state index in [2.05, 4.69) is 15.6 Å². The van der Waals surface area contributed by atoms with Crippen molar-refractivity contribution in [2.75, 3.05) is 19.6 Å². The average molecular weight is 344 g/mol. The molecule has 1 aromatic heterocycles. The van der Waals surface area contributed by atoms with Gasteiger partial charge in [-0.05, 0) is 25.3 Å². The van der Waals surface area contributed by atoms with Crippen LogP contribution >= 0.6 is 23.7 Å². The number of nitrogens with zero attached hydrogens (tertiary/aromatic N) is 1. The third-order valence-electron chi connectivity index (χ3n) is 2.92. The number of hydrogen-bond donors (Lipinski definition) is 2. The molecule has 9 heteroatoms. The van der Waals surface area contributed by atoms with Crippen molar-refractivity contribution in [2.24, 2.45) is 5.92 Å². The Kier molecular flexibility index (Phi) is 6.89. The van der Waals surface area contributed by atoms with Gasteiger partial charge in [0.2, 0.25) is 5.91 Å². The van der Waals surface area contributed by atoms with Crippen molar-refractivity contribution in [3.05, 3.63) is 16.1 Å². The summed E-state index contributed by atoms with van der Waals surface area (Å²) in [5, 5.41) is 7.08. The number of hydrogen-bond acceptors (Lipinski definition) is 4. The first kappa shape index (κ1) is 18.2. The second kappa shape index (κ2) is 7.95. The topological polar surface area (TPSA) is 54.0 Å². The highest BCUT2D eigenvalue weighted by Gasteiger charge is 2.33. The Morgan fingerprint density at radius 3 is 2.71 bits per heavy atom. The summed E-state index contributed by atoms with van der Waals surface area (Å²) in [4.78, 5) is 14.9. The fourth-order valence-corrected chi connectivity index (χ4v) is 2.44. The number of nitrogens with one attached hydrogen (secondary N) is 2. The second-order valence-corrected chi connectivity index (χ2v) is 5.74. The zero-order chi connectivity index (χ0) is 14.6. The molecule has 1 heterocycles. The van der Waals surface area contributed by atoms with E-state index in [-0.39, 0.29) is 24.9 Å². The van der Waals surface area contributed by atoms with E-state index in [4.69, 9.17) is 0 Å². The predicted octanol–water partition coefficient (Wildman–Crippen LogP) is 2.24. The van der Waals surface area contributed by atoms with E-state index in [1.807, 2.05) is 0 Å². The number of carbonyl (C=O) groups is 1. The van der Waals surface area contributed by atoms with Crippen LogP contribution in [0, 0.1) is 5.92 Å². The van der Waals surface area contributed by atoms with Crippen molar-refractivity contribution in [3.8, 4) is 0 Å². The molecule has 0 unspecified atom stereocenters. The Balaban J connectivity index is 0.00000220. The van der Waals surface area contributed by atoms with Crippen LogP contribution in [0.2, 0.25) is 0 Å². The minimum Gasteiger partial charge on any atom is -0.355 e. The van der Waals surface area contributed by atoms with Gasteiger partial charge in [0.15, 0.2) is 5.69 Å². The first-order valence-electron chi connectivity index (χ1n) is 6.44. The Labute approximate surface area is 130 Å². The minimum absolute atomic E-state index is 0. The highest BCUT2D eigenvalue weighted by atomic mass is 35.5. The summed E-state index contributed by atoms with van der Waals surface area (Å²) in [5.74, 6) is 0.567. The molecule has 120 valence electrons. The molecule has 0 atom stereocenters. The van der Waals surface area contributed by atoms with E-state index >= 15 is 0 Å². The Morgan fingerprint density at radius 2 is 2.14 bits per heavy atom. The van der Waals surface area contributed by atoms with Crippen molar-refractivity contribution in [1.82, 2.24) is 15.6 Å². The summed E-state index contributed by atoms with van der Waals surface area (Å²) in [7, 11) is 0. The maximum Gasteiger partial charge on any atom is 0.434 e. The number of amides is 1. The van der Waals surface area contributed by atoms with Crippen LogP contribution in [-0.2, 0) is 17.4 Å². The summed E-state index contributed by atoms with van der Waals surface area (Å²) >= 11 is 0.960. The van der Waals surface area contributed by atoms with Gasteiger partial charge >= 0.3 is 6.18 Å². The number of alkyl halides is 3. The lowest BCUT2D eigenvalue weighted by Crippen LogP contribution is -2.35. The van der Waals surface area contributed by atoms with Crippen LogP contribution < -0.4 is 10.6 Å². The fraction of sp³-hybridized carbons (Fsp3) is 0.667. The molecule has 4 nitrogen and oxygen atoms in total. The Hall–Kier alpha value is -0.860. The zero-order valence-corrected chi connectivity index (χ0v) is 12.8. The van der Waals surface area contributed by atoms with Crippen LogP contribution in [0.3, 0.4) is 0 Å². The standard InChI is InChI=1S/C12H16F3N3OS.ClH/c13-12(14,15)9-7-20-11(18-9)3-4-17-10(19)6-16-5-8-1-2-8;/h7-8,16H,1-6H2,(H,17,19);1H. The number of thiazole rings is 1. The Bertz CT molecular complexity index is 463. The second-order valence-electron chi connectivity index (χ2n) is 4.80. The molecule has 1 fully saturated rings. The van der Waals surface area contributed by atoms with Gasteiger partial charge in [0.05, 0.1) is 11.6 Å². The number of halogens is 4. The maximum absolute atomic E-state index is 12.3. The van der Waals surface area contributed by atoms with Gasteiger partial charge < -0.3 is 10.6 Å². The van der Waals surface area contributed by atoms with Crippen LogP contribution in [0.15, 0.2) is 5.38 Å². The first-order chi connectivity index (χ1) is 9.45. The molecule has 21 heavy (non-hydrogen) atoms. The molecule has 0 spiro atoms. The quantitative estimate of drug-likeness (QED) is 0.798. The number of aromatic nitrogens is 1. The molecule has 2 rings (SSSR count). The molecule has 0 saturated heterocycles. The lowest BCUT2D eigenvalue weighted by molar-refractivity contribution is -0.140. The van der Waals surface area contributed by atoms with E-state index in [0.29, 0.717) is 23.9 Å². The molecular formula is C12H17ClF3N3OS. The smallest absolute Gasteiger partial charge is 0.355 e. The minimum atomic E-state index is -4.40. The zero-order valence-electron chi connectivity index (χ0n) is 11.2. The van der Waals surface area contributed by atoms with Gasteiger partial charge in [-0.2, -0.15) is 13.2 Å². The maximum atomic E-state index is 12.3. The van der Waals surface area contributed by atoms with E-state index in [1.165, 1.54) is 12.8 Å². The van der Waals surface area contributed by atoms with Crippen LogP contribution in [0.25, 0.3) is 0 Å². The van der Waals surface area contributed by atoms with Crippen molar-refractivity contribution in [3.63, 3.8) is 0 Å². The van der Waals surface area contributed by atoms with E-state index in [0.717, 1.165) is 23.3 Å². The van der Waals surface area contributed by atoms with Gasteiger partial charge in [0, 0.05) is 18.3 Å². The lowest BCUT2D eigenvalue weighted by Gasteiger charge is -2.05. The van der Waals surface area contributed by atoms with Crippen molar-refractivity contribution >= 4 is 29.7 Å². The third-order valence-corrected chi connectivity index (χ3v) is 3.83. The van der Waals surface area contributed by atoms with Crippen LogP contribution in [0.4, 0.5) is 13.2 Å². The summed E-state index contributed by atoms with van der Waals surface area (Å²) < 4.78 is 37.0. The summed E-state index contributed by atoms with van der Waals surface area (Å²) in [6.45, 7) is 1.41. The van der Waals surface area contributed by atoms with Crippen molar-refractivity contribution in [2.45, 2.75) is 25.4 Å². The molecule has 0 aliphatic heterocycles. The monoisotopic (exact) mass is 343 g/mol. The van der Waals surface area contributed by atoms with Gasteiger partial charge in [-0.15, -0.1) is 23.7 Å². The molecule has 0 radical (unpaired) electrons. The normalized spacial score (nSPS) is 14.6. The summed E-state index contributed by atoms with van der Waals surface area (Å²) in [6, 6.07) is 0. The molecule has 0 bridgehead atoms. The molecule has 1 aromatic rings. The van der Waals surface area contributed by atoms with Crippen LogP contribution in [-0.4, -0.2) is 30.5 Å².